The van der Waals surface area contributed by atoms with E-state index in [1.165, 1.54) is 16.8 Å². The fraction of sp³-hybridized carbons (Fsp3) is 0.433. The molecule has 2 fully saturated rings. The summed E-state index contributed by atoms with van der Waals surface area (Å²) in [5.74, 6) is 0.0416. The molecule has 2 aromatic carbocycles. The van der Waals surface area contributed by atoms with Gasteiger partial charge in [-0.15, -0.1) is 0 Å². The maximum absolute atomic E-state index is 16.0. The minimum absolute atomic E-state index is 0.0604. The van der Waals surface area contributed by atoms with Crippen LogP contribution in [0.25, 0.3) is 5.70 Å². The standard InChI is InChI=1S/C30H33FN4S/c1-21-25-8-6-23(17-26(25)30(31)20-36-16-15-35(21)30)5-4-12-34-13-10-29(11-14-34)22(2)33(3)28-9-7-24(19-32)18-27(28)29/h6-9,17-18H,1-2,4-5,10-16,20H2,3H3. The summed E-state index contributed by atoms with van der Waals surface area (Å²) < 4.78 is 16.0. The van der Waals surface area contributed by atoms with Gasteiger partial charge in [0.2, 0.25) is 5.79 Å². The first-order chi connectivity index (χ1) is 17.4. The number of aryl methyl sites for hydroxylation is 1. The molecule has 1 spiro atoms. The first kappa shape index (κ1) is 23.6. The molecule has 36 heavy (non-hydrogen) atoms. The Kier molecular flexibility index (Phi) is 5.70. The number of nitriles is 1. The Morgan fingerprint density at radius 2 is 1.89 bits per heavy atom. The number of fused-ring (bicyclic) bond motifs is 5. The Bertz CT molecular complexity index is 1290. The lowest BCUT2D eigenvalue weighted by Gasteiger charge is -2.41. The van der Waals surface area contributed by atoms with E-state index < -0.39 is 5.79 Å². The predicted octanol–water partition coefficient (Wildman–Crippen LogP) is 5.64. The van der Waals surface area contributed by atoms with Gasteiger partial charge in [-0.2, -0.15) is 17.0 Å². The molecule has 0 saturated carbocycles. The molecule has 0 aliphatic carbocycles. The van der Waals surface area contributed by atoms with E-state index in [9.17, 15) is 5.26 Å². The molecule has 4 heterocycles. The molecule has 4 aliphatic rings. The maximum Gasteiger partial charge on any atom is 0.218 e. The van der Waals surface area contributed by atoms with Crippen LogP contribution in [-0.4, -0.2) is 54.5 Å². The number of anilines is 1. The lowest BCUT2D eigenvalue weighted by molar-refractivity contribution is 0.0412. The van der Waals surface area contributed by atoms with Crippen LogP contribution in [0.2, 0.25) is 0 Å². The van der Waals surface area contributed by atoms with Gasteiger partial charge < -0.3 is 14.7 Å². The quantitative estimate of drug-likeness (QED) is 0.507. The highest BCUT2D eigenvalue weighted by Crippen LogP contribution is 2.53. The minimum Gasteiger partial charge on any atom is -0.348 e. The van der Waals surface area contributed by atoms with Crippen molar-refractivity contribution < 1.29 is 4.39 Å². The van der Waals surface area contributed by atoms with Crippen LogP contribution >= 0.6 is 11.8 Å². The number of hydrogen-bond donors (Lipinski definition) is 0. The van der Waals surface area contributed by atoms with E-state index in [-0.39, 0.29) is 5.41 Å². The average molecular weight is 501 g/mol. The van der Waals surface area contributed by atoms with Crippen LogP contribution in [0.3, 0.4) is 0 Å². The van der Waals surface area contributed by atoms with Gasteiger partial charge in [-0.05, 0) is 80.7 Å². The van der Waals surface area contributed by atoms with Crippen molar-refractivity contribution in [2.45, 2.75) is 36.9 Å². The number of rotatable bonds is 4. The molecule has 0 aromatic heterocycles. The first-order valence-electron chi connectivity index (χ1n) is 12.9. The van der Waals surface area contributed by atoms with Crippen LogP contribution in [0, 0.1) is 11.3 Å². The fourth-order valence-electron chi connectivity index (χ4n) is 6.78. The summed E-state index contributed by atoms with van der Waals surface area (Å²) in [7, 11) is 2.09. The van der Waals surface area contributed by atoms with Gasteiger partial charge in [0.25, 0.3) is 0 Å². The van der Waals surface area contributed by atoms with Gasteiger partial charge in [-0.1, -0.05) is 25.3 Å². The highest BCUT2D eigenvalue weighted by atomic mass is 32.2. The Labute approximate surface area is 218 Å². The van der Waals surface area contributed by atoms with Crippen LogP contribution in [-0.2, 0) is 17.6 Å². The van der Waals surface area contributed by atoms with Crippen molar-refractivity contribution in [2.75, 3.05) is 49.6 Å². The summed E-state index contributed by atoms with van der Waals surface area (Å²) >= 11 is 1.69. The molecule has 4 aliphatic heterocycles. The Morgan fingerprint density at radius 3 is 2.67 bits per heavy atom. The van der Waals surface area contributed by atoms with Gasteiger partial charge in [-0.25, -0.2) is 4.39 Å². The van der Waals surface area contributed by atoms with Crippen molar-refractivity contribution in [1.29, 1.82) is 5.26 Å². The van der Waals surface area contributed by atoms with Crippen molar-refractivity contribution in [1.82, 2.24) is 9.80 Å². The lowest BCUT2D eigenvalue weighted by Crippen LogP contribution is -2.43. The van der Waals surface area contributed by atoms with Gasteiger partial charge in [0, 0.05) is 53.0 Å². The first-order valence-corrected chi connectivity index (χ1v) is 14.1. The summed E-state index contributed by atoms with van der Waals surface area (Å²) in [6.45, 7) is 12.5. The van der Waals surface area contributed by atoms with Crippen LogP contribution in [0.15, 0.2) is 55.3 Å². The van der Waals surface area contributed by atoms with Crippen molar-refractivity contribution in [3.63, 3.8) is 0 Å². The zero-order chi connectivity index (χ0) is 25.1. The number of hydrogen-bond acceptors (Lipinski definition) is 5. The van der Waals surface area contributed by atoms with E-state index >= 15 is 4.39 Å². The zero-order valence-electron chi connectivity index (χ0n) is 21.0. The molecule has 1 unspecified atom stereocenters. The molecule has 2 aromatic rings. The van der Waals surface area contributed by atoms with Crippen molar-refractivity contribution in [3.05, 3.63) is 83.1 Å². The Balaban J connectivity index is 1.10. The topological polar surface area (TPSA) is 33.5 Å². The fourth-order valence-corrected chi connectivity index (χ4v) is 7.82. The van der Waals surface area contributed by atoms with Crippen LogP contribution in [0.5, 0.6) is 0 Å². The summed E-state index contributed by atoms with van der Waals surface area (Å²) in [4.78, 5) is 6.63. The smallest absolute Gasteiger partial charge is 0.218 e. The molecule has 1 atom stereocenters. The van der Waals surface area contributed by atoms with Gasteiger partial charge in [-0.3, -0.25) is 0 Å². The van der Waals surface area contributed by atoms with E-state index in [0.717, 1.165) is 85.7 Å². The van der Waals surface area contributed by atoms with Gasteiger partial charge >= 0.3 is 0 Å². The highest BCUT2D eigenvalue weighted by molar-refractivity contribution is 7.99. The Morgan fingerprint density at radius 1 is 1.08 bits per heavy atom. The molecule has 4 nitrogen and oxygen atoms in total. The summed E-state index contributed by atoms with van der Waals surface area (Å²) in [6.07, 6.45) is 4.06. The number of benzene rings is 2. The third-order valence-corrected chi connectivity index (χ3v) is 9.98. The van der Waals surface area contributed by atoms with Crippen molar-refractivity contribution in [2.24, 2.45) is 0 Å². The normalized spacial score (nSPS) is 24.6. The number of thioether (sulfide) groups is 1. The second-order valence-corrected chi connectivity index (χ2v) is 11.8. The molecule has 186 valence electrons. The summed E-state index contributed by atoms with van der Waals surface area (Å²) in [6, 6.07) is 14.7. The second kappa shape index (κ2) is 8.68. The number of nitrogens with zero attached hydrogens (tertiary/aromatic N) is 4. The number of alkyl halides is 1. The maximum atomic E-state index is 16.0. The molecule has 0 amide bonds. The number of allylic oxidation sites excluding steroid dienone is 1. The van der Waals surface area contributed by atoms with E-state index in [1.54, 1.807) is 11.8 Å². The van der Waals surface area contributed by atoms with Gasteiger partial charge in [0.15, 0.2) is 0 Å². The molecule has 6 heteroatoms. The van der Waals surface area contributed by atoms with Crippen LogP contribution in [0.4, 0.5) is 10.1 Å². The monoisotopic (exact) mass is 500 g/mol. The molecule has 6 rings (SSSR count). The third-order valence-electron chi connectivity index (χ3n) is 8.92. The van der Waals surface area contributed by atoms with Crippen molar-refractivity contribution >= 4 is 23.1 Å². The predicted molar refractivity (Wildman–Crippen MR) is 147 cm³/mol. The van der Waals surface area contributed by atoms with Gasteiger partial charge in [0.1, 0.15) is 0 Å². The molecule has 0 radical (unpaired) electrons. The number of halogens is 1. The highest BCUT2D eigenvalue weighted by Gasteiger charge is 2.49. The van der Waals surface area contributed by atoms with Crippen LogP contribution < -0.4 is 4.90 Å². The van der Waals surface area contributed by atoms with Gasteiger partial charge in [0.05, 0.1) is 17.4 Å². The number of likely N-dealkylation sites (tertiary alicyclic amines) is 1. The zero-order valence-corrected chi connectivity index (χ0v) is 21.8. The lowest BCUT2D eigenvalue weighted by atomic mass is 9.72. The largest absolute Gasteiger partial charge is 0.348 e. The van der Waals surface area contributed by atoms with Crippen LogP contribution in [0.1, 0.15) is 47.1 Å². The SMILES string of the molecule is C=C1c2ccc(CCCN3CCC4(CC3)C(=C)N(C)c3ccc(C#N)cc34)cc2C2(F)CSCCN12. The molecular formula is C30H33FN4S. The molecule has 2 saturated heterocycles. The molecule has 0 bridgehead atoms. The Hall–Kier alpha value is -2.75. The van der Waals surface area contributed by atoms with Crippen molar-refractivity contribution in [3.8, 4) is 6.07 Å². The minimum atomic E-state index is -1.40. The molecular weight excluding hydrogens is 467 g/mol. The van der Waals surface area contributed by atoms with E-state index in [4.69, 9.17) is 0 Å². The average Bonchev–Trinajstić information content (AvgIpc) is 3.25. The third kappa shape index (κ3) is 3.43. The van der Waals surface area contributed by atoms with E-state index in [2.05, 4.69) is 66.4 Å². The number of piperidine rings is 1. The molecule has 0 N–H and O–H groups in total. The second-order valence-electron chi connectivity index (χ2n) is 10.7. The number of likely N-dealkylation sites (N-methyl/N-ethyl adjacent to an activating group) is 1. The van der Waals surface area contributed by atoms with E-state index in [0.29, 0.717) is 5.75 Å². The summed E-state index contributed by atoms with van der Waals surface area (Å²) in [5, 5.41) is 9.43. The van der Waals surface area contributed by atoms with E-state index in [1.807, 2.05) is 11.0 Å². The summed E-state index contributed by atoms with van der Waals surface area (Å²) in [5.41, 5.74) is 8.12.